The lowest BCUT2D eigenvalue weighted by molar-refractivity contribution is -0.384. The maximum atomic E-state index is 10.5. The second-order valence-corrected chi connectivity index (χ2v) is 3.44. The Balaban J connectivity index is 2.76. The fraction of sp³-hybridized carbons (Fsp3) is 0. The number of hydrogen-bond donors (Lipinski definition) is 0. The highest BCUT2D eigenvalue weighted by molar-refractivity contribution is 6.35. The van der Waals surface area contributed by atoms with E-state index in [1.807, 2.05) is 0 Å². The smallest absolute Gasteiger partial charge is 0.258 e. The molecular weight excluding hydrogens is 241 g/mol. The predicted octanol–water partition coefficient (Wildman–Crippen LogP) is 2.84. The first-order chi connectivity index (χ1) is 7.08. The molecule has 0 bridgehead atoms. The van der Waals surface area contributed by atoms with Crippen molar-refractivity contribution in [2.75, 3.05) is 0 Å². The van der Waals surface area contributed by atoms with Gasteiger partial charge in [0.1, 0.15) is 5.15 Å². The number of aromatic nitrogens is 2. The van der Waals surface area contributed by atoms with Crippen LogP contribution in [0.15, 0.2) is 18.2 Å². The summed E-state index contributed by atoms with van der Waals surface area (Å²) in [5, 5.41) is 11.2. The molecule has 0 saturated carbocycles. The number of halogens is 2. The monoisotopic (exact) mass is 243 g/mol. The molecule has 76 valence electrons. The van der Waals surface area contributed by atoms with Crippen molar-refractivity contribution in [1.29, 1.82) is 0 Å². The minimum Gasteiger partial charge on any atom is -0.258 e. The standard InChI is InChI=1S/C8H3Cl2N3O2/c9-7-5-2-1-4(13(14)15)3-6(5)11-8(10)12-7/h1-3H. The van der Waals surface area contributed by atoms with Gasteiger partial charge in [0.05, 0.1) is 10.4 Å². The van der Waals surface area contributed by atoms with Gasteiger partial charge in [-0.05, 0) is 17.7 Å². The minimum absolute atomic E-state index is 0.0343. The summed E-state index contributed by atoms with van der Waals surface area (Å²) in [7, 11) is 0. The van der Waals surface area contributed by atoms with Crippen LogP contribution in [0.3, 0.4) is 0 Å². The van der Waals surface area contributed by atoms with Gasteiger partial charge in [0.2, 0.25) is 5.28 Å². The molecule has 5 nitrogen and oxygen atoms in total. The highest BCUT2D eigenvalue weighted by atomic mass is 35.5. The highest BCUT2D eigenvalue weighted by Gasteiger charge is 2.10. The minimum atomic E-state index is -0.511. The summed E-state index contributed by atoms with van der Waals surface area (Å²) >= 11 is 11.4. The summed E-state index contributed by atoms with van der Waals surface area (Å²) in [6.07, 6.45) is 0. The molecule has 2 aromatic rings. The molecule has 0 aliphatic carbocycles. The number of hydrogen-bond acceptors (Lipinski definition) is 4. The van der Waals surface area contributed by atoms with E-state index in [0.29, 0.717) is 10.9 Å². The first-order valence-corrected chi connectivity index (χ1v) is 4.61. The van der Waals surface area contributed by atoms with Gasteiger partial charge in [-0.2, -0.15) is 0 Å². The molecule has 1 heterocycles. The van der Waals surface area contributed by atoms with E-state index in [0.717, 1.165) is 0 Å². The van der Waals surface area contributed by atoms with E-state index in [-0.39, 0.29) is 16.1 Å². The first kappa shape index (κ1) is 10.1. The Bertz CT molecular complexity index is 559. The van der Waals surface area contributed by atoms with Crippen LogP contribution in [0.5, 0.6) is 0 Å². The molecule has 7 heteroatoms. The van der Waals surface area contributed by atoms with E-state index < -0.39 is 4.92 Å². The molecule has 0 atom stereocenters. The Morgan fingerprint density at radius 2 is 2.00 bits per heavy atom. The number of nitro groups is 1. The summed E-state index contributed by atoms with van der Waals surface area (Å²) in [5.41, 5.74) is 0.294. The Morgan fingerprint density at radius 1 is 1.27 bits per heavy atom. The van der Waals surface area contributed by atoms with Crippen LogP contribution in [0.25, 0.3) is 10.9 Å². The van der Waals surface area contributed by atoms with E-state index in [1.165, 1.54) is 18.2 Å². The lowest BCUT2D eigenvalue weighted by Gasteiger charge is -1.99. The summed E-state index contributed by atoms with van der Waals surface area (Å²) in [4.78, 5) is 17.6. The SMILES string of the molecule is O=[N+]([O-])c1ccc2c(Cl)nc(Cl)nc2c1. The first-order valence-electron chi connectivity index (χ1n) is 3.85. The van der Waals surface area contributed by atoms with Crippen molar-refractivity contribution in [1.82, 2.24) is 9.97 Å². The Kier molecular flexibility index (Phi) is 2.42. The Labute approximate surface area is 93.8 Å². The van der Waals surface area contributed by atoms with Crippen molar-refractivity contribution in [2.24, 2.45) is 0 Å². The molecule has 0 saturated heterocycles. The summed E-state index contributed by atoms with van der Waals surface area (Å²) in [6, 6.07) is 4.13. The zero-order valence-corrected chi connectivity index (χ0v) is 8.66. The van der Waals surface area contributed by atoms with Crippen molar-refractivity contribution in [3.05, 3.63) is 38.8 Å². The van der Waals surface area contributed by atoms with Gasteiger partial charge in [-0.15, -0.1) is 0 Å². The molecule has 0 spiro atoms. The Morgan fingerprint density at radius 3 is 2.67 bits per heavy atom. The summed E-state index contributed by atoms with van der Waals surface area (Å²) in [5.74, 6) is 0. The van der Waals surface area contributed by atoms with E-state index in [4.69, 9.17) is 23.2 Å². The van der Waals surface area contributed by atoms with Crippen LogP contribution in [-0.4, -0.2) is 14.9 Å². The summed E-state index contributed by atoms with van der Waals surface area (Å²) < 4.78 is 0. The molecule has 0 amide bonds. The van der Waals surface area contributed by atoms with Gasteiger partial charge in [0, 0.05) is 17.5 Å². The van der Waals surface area contributed by atoms with Crippen LogP contribution in [-0.2, 0) is 0 Å². The van der Waals surface area contributed by atoms with Gasteiger partial charge >= 0.3 is 0 Å². The normalized spacial score (nSPS) is 10.5. The maximum absolute atomic E-state index is 10.5. The number of benzene rings is 1. The molecular formula is C8H3Cl2N3O2. The fourth-order valence-corrected chi connectivity index (χ4v) is 1.62. The van der Waals surface area contributed by atoms with Crippen LogP contribution < -0.4 is 0 Å². The van der Waals surface area contributed by atoms with Gasteiger partial charge in [-0.3, -0.25) is 10.1 Å². The van der Waals surface area contributed by atoms with E-state index >= 15 is 0 Å². The fourth-order valence-electron chi connectivity index (χ4n) is 1.17. The number of rotatable bonds is 1. The average Bonchev–Trinajstić information content (AvgIpc) is 2.16. The molecule has 0 unspecified atom stereocenters. The predicted molar refractivity (Wildman–Crippen MR) is 56.2 cm³/mol. The third-order valence-electron chi connectivity index (χ3n) is 1.82. The molecule has 0 aliphatic rings. The van der Waals surface area contributed by atoms with E-state index in [2.05, 4.69) is 9.97 Å². The summed E-state index contributed by atoms with van der Waals surface area (Å²) in [6.45, 7) is 0. The van der Waals surface area contributed by atoms with E-state index in [9.17, 15) is 10.1 Å². The second-order valence-electron chi connectivity index (χ2n) is 2.74. The zero-order chi connectivity index (χ0) is 11.0. The largest absolute Gasteiger partial charge is 0.271 e. The molecule has 15 heavy (non-hydrogen) atoms. The van der Waals surface area contributed by atoms with Crippen molar-refractivity contribution in [2.45, 2.75) is 0 Å². The average molecular weight is 244 g/mol. The lowest BCUT2D eigenvalue weighted by atomic mass is 10.2. The molecule has 1 aromatic carbocycles. The third kappa shape index (κ3) is 1.84. The van der Waals surface area contributed by atoms with Crippen LogP contribution >= 0.6 is 23.2 Å². The van der Waals surface area contributed by atoms with Crippen LogP contribution in [0.4, 0.5) is 5.69 Å². The molecule has 0 fully saturated rings. The molecule has 0 aliphatic heterocycles. The van der Waals surface area contributed by atoms with Gasteiger partial charge in [-0.25, -0.2) is 9.97 Å². The van der Waals surface area contributed by atoms with E-state index in [1.54, 1.807) is 0 Å². The maximum Gasteiger partial charge on any atom is 0.271 e. The van der Waals surface area contributed by atoms with Crippen molar-refractivity contribution in [3.63, 3.8) is 0 Å². The van der Waals surface area contributed by atoms with Crippen LogP contribution in [0.2, 0.25) is 10.4 Å². The van der Waals surface area contributed by atoms with Crippen molar-refractivity contribution >= 4 is 39.8 Å². The Hall–Kier alpha value is -1.46. The van der Waals surface area contributed by atoms with Gasteiger partial charge in [0.15, 0.2) is 0 Å². The molecule has 0 radical (unpaired) electrons. The number of nitrogens with zero attached hydrogens (tertiary/aromatic N) is 3. The van der Waals surface area contributed by atoms with Crippen LogP contribution in [0, 0.1) is 10.1 Å². The quantitative estimate of drug-likeness (QED) is 0.334. The highest BCUT2D eigenvalue weighted by Crippen LogP contribution is 2.25. The van der Waals surface area contributed by atoms with Crippen molar-refractivity contribution < 1.29 is 4.92 Å². The number of nitro benzene ring substituents is 1. The third-order valence-corrected chi connectivity index (χ3v) is 2.27. The molecule has 2 rings (SSSR count). The van der Waals surface area contributed by atoms with Gasteiger partial charge < -0.3 is 0 Å². The number of fused-ring (bicyclic) bond motifs is 1. The van der Waals surface area contributed by atoms with Gasteiger partial charge in [0.25, 0.3) is 5.69 Å². The lowest BCUT2D eigenvalue weighted by Crippen LogP contribution is -1.91. The topological polar surface area (TPSA) is 68.9 Å². The van der Waals surface area contributed by atoms with Crippen molar-refractivity contribution in [3.8, 4) is 0 Å². The zero-order valence-electron chi connectivity index (χ0n) is 7.15. The second kappa shape index (κ2) is 3.60. The van der Waals surface area contributed by atoms with Gasteiger partial charge in [-0.1, -0.05) is 11.6 Å². The number of non-ortho nitro benzene ring substituents is 1. The van der Waals surface area contributed by atoms with Crippen LogP contribution in [0.1, 0.15) is 0 Å². The molecule has 1 aromatic heterocycles. The molecule has 0 N–H and O–H groups in total.